The molecule has 0 unspecified atom stereocenters. The zero-order valence-corrected chi connectivity index (χ0v) is 16.3. The van der Waals surface area contributed by atoms with E-state index in [9.17, 15) is 9.59 Å². The highest BCUT2D eigenvalue weighted by Crippen LogP contribution is 2.36. The first-order valence-electron chi connectivity index (χ1n) is 8.73. The Bertz CT molecular complexity index is 1090. The van der Waals surface area contributed by atoms with Crippen molar-refractivity contribution in [3.8, 4) is 0 Å². The lowest BCUT2D eigenvalue weighted by molar-refractivity contribution is -0.113. The molecule has 1 aliphatic carbocycles. The summed E-state index contributed by atoms with van der Waals surface area (Å²) in [5.74, 6) is 0.0128. The van der Waals surface area contributed by atoms with Crippen LogP contribution in [-0.4, -0.2) is 21.2 Å². The van der Waals surface area contributed by atoms with Gasteiger partial charge in [-0.15, -0.1) is 0 Å². The van der Waals surface area contributed by atoms with Crippen LogP contribution in [0.4, 0.5) is 5.69 Å². The van der Waals surface area contributed by atoms with Gasteiger partial charge in [0.1, 0.15) is 0 Å². The predicted octanol–water partition coefficient (Wildman–Crippen LogP) is 4.42. The maximum Gasteiger partial charge on any atom is 0.262 e. The number of nitrogens with zero attached hydrogens (tertiary/aromatic N) is 2. The smallest absolute Gasteiger partial charge is 0.262 e. The van der Waals surface area contributed by atoms with Gasteiger partial charge in [0.15, 0.2) is 5.16 Å². The molecule has 27 heavy (non-hydrogen) atoms. The summed E-state index contributed by atoms with van der Waals surface area (Å²) >= 11 is 7.39. The fourth-order valence-electron chi connectivity index (χ4n) is 2.94. The van der Waals surface area contributed by atoms with Gasteiger partial charge in [-0.25, -0.2) is 4.98 Å². The number of carbonyl (C=O) groups excluding carboxylic acids is 1. The summed E-state index contributed by atoms with van der Waals surface area (Å²) < 4.78 is 1.74. The number of nitrogens with one attached hydrogen (secondary N) is 1. The van der Waals surface area contributed by atoms with Crippen molar-refractivity contribution in [3.63, 3.8) is 0 Å². The average molecular weight is 400 g/mol. The molecule has 0 spiro atoms. The van der Waals surface area contributed by atoms with E-state index in [1.54, 1.807) is 22.8 Å². The van der Waals surface area contributed by atoms with Gasteiger partial charge in [0, 0.05) is 16.8 Å². The number of benzene rings is 2. The second-order valence-electron chi connectivity index (χ2n) is 6.57. The molecular formula is C20H18ClN3O2S. The summed E-state index contributed by atoms with van der Waals surface area (Å²) in [4.78, 5) is 29.9. The van der Waals surface area contributed by atoms with Crippen molar-refractivity contribution < 1.29 is 4.79 Å². The van der Waals surface area contributed by atoms with Crippen LogP contribution in [-0.2, 0) is 4.79 Å². The summed E-state index contributed by atoms with van der Waals surface area (Å²) in [6, 6.07) is 12.9. The van der Waals surface area contributed by atoms with E-state index in [-0.39, 0.29) is 23.3 Å². The summed E-state index contributed by atoms with van der Waals surface area (Å²) in [6.45, 7) is 1.86. The van der Waals surface area contributed by atoms with Gasteiger partial charge < -0.3 is 5.32 Å². The molecule has 0 saturated heterocycles. The number of hydrogen-bond donors (Lipinski definition) is 1. The molecule has 3 aromatic rings. The molecule has 0 aliphatic heterocycles. The molecule has 0 atom stereocenters. The van der Waals surface area contributed by atoms with Crippen LogP contribution < -0.4 is 10.9 Å². The zero-order valence-electron chi connectivity index (χ0n) is 14.7. The molecule has 5 nitrogen and oxygen atoms in total. The average Bonchev–Trinajstić information content (AvgIpc) is 3.49. The number of halogens is 1. The summed E-state index contributed by atoms with van der Waals surface area (Å²) in [5, 5.41) is 4.70. The lowest BCUT2D eigenvalue weighted by Gasteiger charge is -2.13. The fourth-order valence-corrected chi connectivity index (χ4v) is 3.98. The normalized spacial score (nSPS) is 13.7. The Morgan fingerprint density at radius 1 is 1.26 bits per heavy atom. The Kier molecular flexibility index (Phi) is 4.93. The van der Waals surface area contributed by atoms with Crippen LogP contribution in [0.15, 0.2) is 52.4 Å². The minimum absolute atomic E-state index is 0.0308. The van der Waals surface area contributed by atoms with E-state index in [0.29, 0.717) is 26.8 Å². The summed E-state index contributed by atoms with van der Waals surface area (Å²) in [5.41, 5.74) is 2.15. The van der Waals surface area contributed by atoms with Crippen LogP contribution >= 0.6 is 23.4 Å². The largest absolute Gasteiger partial charge is 0.325 e. The molecular weight excluding hydrogens is 382 g/mol. The van der Waals surface area contributed by atoms with E-state index in [0.717, 1.165) is 18.4 Å². The van der Waals surface area contributed by atoms with Crippen LogP contribution in [0.2, 0.25) is 5.02 Å². The molecule has 1 fully saturated rings. The lowest BCUT2D eigenvalue weighted by Crippen LogP contribution is -2.23. The first kappa shape index (κ1) is 18.1. The third-order valence-electron chi connectivity index (χ3n) is 4.56. The SMILES string of the molecule is Cc1c(Cl)cccc1NC(=O)CSc1nc2ccccc2c(=O)n1C1CC1. The monoisotopic (exact) mass is 399 g/mol. The van der Waals surface area contributed by atoms with E-state index >= 15 is 0 Å². The second kappa shape index (κ2) is 7.37. The van der Waals surface area contributed by atoms with E-state index in [1.165, 1.54) is 11.8 Å². The van der Waals surface area contributed by atoms with Crippen molar-refractivity contribution in [1.29, 1.82) is 0 Å². The first-order chi connectivity index (χ1) is 13.0. The number of fused-ring (bicyclic) bond motifs is 1. The highest BCUT2D eigenvalue weighted by atomic mass is 35.5. The summed E-state index contributed by atoms with van der Waals surface area (Å²) in [7, 11) is 0. The molecule has 1 amide bonds. The Labute approximate surface area is 165 Å². The number of para-hydroxylation sites is 1. The van der Waals surface area contributed by atoms with Crippen LogP contribution in [0.25, 0.3) is 10.9 Å². The van der Waals surface area contributed by atoms with Gasteiger partial charge >= 0.3 is 0 Å². The number of anilines is 1. The van der Waals surface area contributed by atoms with E-state index in [2.05, 4.69) is 10.3 Å². The topological polar surface area (TPSA) is 64.0 Å². The minimum Gasteiger partial charge on any atom is -0.325 e. The lowest BCUT2D eigenvalue weighted by atomic mass is 10.2. The molecule has 4 rings (SSSR count). The third-order valence-corrected chi connectivity index (χ3v) is 5.92. The highest BCUT2D eigenvalue weighted by molar-refractivity contribution is 7.99. The Balaban J connectivity index is 1.56. The first-order valence-corrected chi connectivity index (χ1v) is 10.1. The Morgan fingerprint density at radius 3 is 2.81 bits per heavy atom. The van der Waals surface area contributed by atoms with Crippen LogP contribution in [0.3, 0.4) is 0 Å². The third kappa shape index (κ3) is 3.73. The molecule has 7 heteroatoms. The molecule has 0 bridgehead atoms. The molecule has 1 aromatic heterocycles. The van der Waals surface area contributed by atoms with Crippen molar-refractivity contribution in [1.82, 2.24) is 9.55 Å². The van der Waals surface area contributed by atoms with Gasteiger partial charge in [-0.1, -0.05) is 41.6 Å². The number of carbonyl (C=O) groups is 1. The molecule has 138 valence electrons. The number of rotatable bonds is 5. The Hall–Kier alpha value is -2.31. The molecule has 1 aliphatic rings. The molecule has 0 radical (unpaired) electrons. The van der Waals surface area contributed by atoms with E-state index in [4.69, 9.17) is 11.6 Å². The Morgan fingerprint density at radius 2 is 2.04 bits per heavy atom. The van der Waals surface area contributed by atoms with Gasteiger partial charge in [0.2, 0.25) is 5.91 Å². The van der Waals surface area contributed by atoms with Gasteiger partial charge in [-0.05, 0) is 49.6 Å². The maximum absolute atomic E-state index is 12.8. The van der Waals surface area contributed by atoms with Gasteiger partial charge in [0.25, 0.3) is 5.56 Å². The second-order valence-corrected chi connectivity index (χ2v) is 7.92. The molecule has 1 heterocycles. The predicted molar refractivity (Wildman–Crippen MR) is 110 cm³/mol. The molecule has 2 aromatic carbocycles. The van der Waals surface area contributed by atoms with Gasteiger partial charge in [0.05, 0.1) is 16.7 Å². The van der Waals surface area contributed by atoms with Gasteiger partial charge in [-0.2, -0.15) is 0 Å². The number of thioether (sulfide) groups is 1. The van der Waals surface area contributed by atoms with E-state index in [1.807, 2.05) is 31.2 Å². The van der Waals surface area contributed by atoms with Crippen molar-refractivity contribution >= 4 is 45.9 Å². The van der Waals surface area contributed by atoms with E-state index < -0.39 is 0 Å². The zero-order chi connectivity index (χ0) is 19.0. The van der Waals surface area contributed by atoms with Gasteiger partial charge in [-0.3, -0.25) is 14.2 Å². The molecule has 1 N–H and O–H groups in total. The minimum atomic E-state index is -0.157. The quantitative estimate of drug-likeness (QED) is 0.509. The maximum atomic E-state index is 12.8. The van der Waals surface area contributed by atoms with Crippen LogP contribution in [0, 0.1) is 6.92 Å². The number of aromatic nitrogens is 2. The van der Waals surface area contributed by atoms with Crippen molar-refractivity contribution in [2.75, 3.05) is 11.1 Å². The van der Waals surface area contributed by atoms with Crippen LogP contribution in [0.1, 0.15) is 24.4 Å². The van der Waals surface area contributed by atoms with Crippen molar-refractivity contribution in [2.45, 2.75) is 31.0 Å². The van der Waals surface area contributed by atoms with Crippen LogP contribution in [0.5, 0.6) is 0 Å². The van der Waals surface area contributed by atoms with Crippen molar-refractivity contribution in [2.24, 2.45) is 0 Å². The fraction of sp³-hybridized carbons (Fsp3) is 0.250. The summed E-state index contributed by atoms with van der Waals surface area (Å²) in [6.07, 6.45) is 1.95. The highest BCUT2D eigenvalue weighted by Gasteiger charge is 2.28. The molecule has 1 saturated carbocycles. The van der Waals surface area contributed by atoms with Crippen molar-refractivity contribution in [3.05, 3.63) is 63.4 Å². The number of hydrogen-bond acceptors (Lipinski definition) is 4. The number of amides is 1. The standard InChI is InChI=1S/C20H18ClN3O2S/c1-12-15(21)6-4-8-16(12)22-18(25)11-27-20-23-17-7-3-2-5-14(17)19(26)24(20)13-9-10-13/h2-8,13H,9-11H2,1H3,(H,22,25).